The van der Waals surface area contributed by atoms with Gasteiger partial charge in [0, 0.05) is 30.6 Å². The van der Waals surface area contributed by atoms with Crippen molar-refractivity contribution < 1.29 is 79.3 Å². The Balaban J connectivity index is 0.000000287. The van der Waals surface area contributed by atoms with E-state index in [1.54, 1.807) is 0 Å². The number of unbranched alkanes of at least 4 members (excludes halogenated alkanes) is 5. The van der Waals surface area contributed by atoms with Crippen molar-refractivity contribution in [2.45, 2.75) is 160 Å². The Bertz CT molecular complexity index is 1350. The summed E-state index contributed by atoms with van der Waals surface area (Å²) in [6, 6.07) is 5.87. The third kappa shape index (κ3) is 14.2. The topological polar surface area (TPSA) is 177 Å². The zero-order valence-electron chi connectivity index (χ0n) is 32.9. The van der Waals surface area contributed by atoms with E-state index in [1.807, 2.05) is 30.4 Å². The molecule has 1 aromatic rings. The summed E-state index contributed by atoms with van der Waals surface area (Å²) >= 11 is 0. The number of benzene rings is 1. The quantitative estimate of drug-likeness (QED) is 0.0754. The molecule has 1 saturated heterocycles. The molecule has 5 N–H and O–H groups in total. The first kappa shape index (κ1) is 46.5. The summed E-state index contributed by atoms with van der Waals surface area (Å²) in [5, 5.41) is 60.6. The number of carboxylic acid groups (broad SMARTS) is 2. The molecule has 1 aromatic carbocycles. The smallest absolute Gasteiger partial charge is 0.550 e. The largest absolute Gasteiger partial charge is 1.00 e. The van der Waals surface area contributed by atoms with Crippen LogP contribution in [0.2, 0.25) is 0 Å². The Hall–Kier alpha value is -1.92. The molecule has 3 aliphatic carbocycles. The SMILES string of the molecule is CCCCC[C@H](O)/C=C/[C@@H]1[C@H]2C/C(=C/CCCC(=O)[O-])O[C@H]2C[C@H]1O.CCCCC[C@H](O)CC[C@@H]1[C@H]2Cc3cccc(OCC(=O)O)c3C[C@H]2C[C@H]1O.[Na+]. The molecule has 0 spiro atoms. The molecule has 3 fully saturated rings. The van der Waals surface area contributed by atoms with Gasteiger partial charge in [0.25, 0.3) is 0 Å². The molecule has 1 aliphatic heterocycles. The van der Waals surface area contributed by atoms with Crippen LogP contribution in [0.1, 0.15) is 128 Å². The number of hydrogen-bond acceptors (Lipinski definition) is 9. The van der Waals surface area contributed by atoms with Gasteiger partial charge in [0.2, 0.25) is 0 Å². The first-order valence-corrected chi connectivity index (χ1v) is 20.4. The van der Waals surface area contributed by atoms with Crippen molar-refractivity contribution in [3.05, 3.63) is 53.3 Å². The fourth-order valence-electron chi connectivity index (χ4n) is 9.09. The normalized spacial score (nSPS) is 28.6. The molecule has 0 amide bonds. The van der Waals surface area contributed by atoms with Gasteiger partial charge in [-0.2, -0.15) is 0 Å². The van der Waals surface area contributed by atoms with E-state index in [9.17, 15) is 35.1 Å². The summed E-state index contributed by atoms with van der Waals surface area (Å²) in [7, 11) is 0. The van der Waals surface area contributed by atoms with Crippen molar-refractivity contribution in [2.24, 2.45) is 29.6 Å². The number of aliphatic carboxylic acids is 2. The van der Waals surface area contributed by atoms with Gasteiger partial charge < -0.3 is 44.9 Å². The Morgan fingerprint density at radius 2 is 1.69 bits per heavy atom. The predicted octanol–water partition coefficient (Wildman–Crippen LogP) is 2.66. The van der Waals surface area contributed by atoms with Crippen molar-refractivity contribution in [3.63, 3.8) is 0 Å². The van der Waals surface area contributed by atoms with Gasteiger partial charge in [0.15, 0.2) is 6.61 Å². The minimum atomic E-state index is -1.02. The zero-order valence-corrected chi connectivity index (χ0v) is 34.9. The average molecular weight is 765 g/mol. The van der Waals surface area contributed by atoms with Gasteiger partial charge in [-0.15, -0.1) is 0 Å². The van der Waals surface area contributed by atoms with E-state index in [0.717, 1.165) is 101 Å². The molecule has 0 bridgehead atoms. The summed E-state index contributed by atoms with van der Waals surface area (Å²) < 4.78 is 11.4. The molecular formula is C43H65NaO10. The molecule has 1 heterocycles. The van der Waals surface area contributed by atoms with Gasteiger partial charge in [0.05, 0.1) is 30.2 Å². The van der Waals surface area contributed by atoms with Crippen LogP contribution >= 0.6 is 0 Å². The van der Waals surface area contributed by atoms with Gasteiger partial charge in [-0.1, -0.05) is 76.7 Å². The monoisotopic (exact) mass is 764 g/mol. The van der Waals surface area contributed by atoms with Crippen LogP contribution in [0, 0.1) is 29.6 Å². The van der Waals surface area contributed by atoms with E-state index < -0.39 is 24.1 Å². The van der Waals surface area contributed by atoms with E-state index in [2.05, 4.69) is 19.9 Å². The second-order valence-corrected chi connectivity index (χ2v) is 15.9. The number of fused-ring (bicyclic) bond motifs is 3. The summed E-state index contributed by atoms with van der Waals surface area (Å²) in [6.07, 6.45) is 19.5. The second kappa shape index (κ2) is 24.0. The summed E-state index contributed by atoms with van der Waals surface area (Å²) in [4.78, 5) is 21.3. The van der Waals surface area contributed by atoms with Crippen LogP contribution in [0.4, 0.5) is 0 Å². The Kier molecular flexibility index (Phi) is 20.6. The Labute approximate surface area is 344 Å². The average Bonchev–Trinajstić information content (AvgIpc) is 3.75. The van der Waals surface area contributed by atoms with Crippen LogP contribution in [0.5, 0.6) is 5.75 Å². The van der Waals surface area contributed by atoms with Crippen molar-refractivity contribution in [1.29, 1.82) is 0 Å². The van der Waals surface area contributed by atoms with Crippen LogP contribution in [0.15, 0.2) is 42.2 Å². The minimum Gasteiger partial charge on any atom is -0.550 e. The number of carbonyl (C=O) groups is 2. The van der Waals surface area contributed by atoms with Gasteiger partial charge in [-0.3, -0.25) is 0 Å². The van der Waals surface area contributed by atoms with Crippen LogP contribution < -0.4 is 39.4 Å². The molecule has 10 nitrogen and oxygen atoms in total. The van der Waals surface area contributed by atoms with Gasteiger partial charge in [-0.25, -0.2) is 4.79 Å². The van der Waals surface area contributed by atoms with Crippen molar-refractivity contribution in [1.82, 2.24) is 0 Å². The third-order valence-electron chi connectivity index (χ3n) is 11.9. The minimum absolute atomic E-state index is 0. The van der Waals surface area contributed by atoms with Gasteiger partial charge in [0.1, 0.15) is 11.9 Å². The van der Waals surface area contributed by atoms with Crippen molar-refractivity contribution in [3.8, 4) is 5.75 Å². The molecule has 298 valence electrons. The Morgan fingerprint density at radius 1 is 0.944 bits per heavy atom. The third-order valence-corrected chi connectivity index (χ3v) is 11.9. The van der Waals surface area contributed by atoms with Crippen molar-refractivity contribution >= 4 is 11.9 Å². The van der Waals surface area contributed by atoms with E-state index in [1.165, 1.54) is 5.56 Å². The molecule has 54 heavy (non-hydrogen) atoms. The maximum atomic E-state index is 10.8. The number of rotatable bonds is 20. The molecule has 10 atom stereocenters. The first-order chi connectivity index (χ1) is 25.5. The summed E-state index contributed by atoms with van der Waals surface area (Å²) in [5.74, 6) is 0.904. The van der Waals surface area contributed by atoms with Gasteiger partial charge in [-0.05, 0) is 105 Å². The molecule has 4 aliphatic rings. The number of carboxylic acids is 2. The molecule has 0 radical (unpaired) electrons. The molecule has 2 saturated carbocycles. The maximum Gasteiger partial charge on any atom is 1.00 e. The number of ether oxygens (including phenoxy) is 2. The maximum absolute atomic E-state index is 10.8. The first-order valence-electron chi connectivity index (χ1n) is 20.4. The standard InChI is InChI=1S/C23H34O5.C20H32O5.Na/c1-2-3-4-7-17(24)9-10-18-19-11-15-6-5-8-22(28-14-23(26)27)20(15)12-16(19)13-21(18)25;1-2-3-4-7-14(21)10-11-16-17-12-15(8-5-6-9-20(23)24)25-19(17)13-18(16)22;/h5-6,8,16-19,21,24-25H,2-4,7,9-14H2,1H3,(H,26,27);8,10-11,14,16-19,21-22H,2-7,9,12-13H2,1H3,(H,23,24);/q;;+1/p-1/b;11-10+,15-8-;/t16-,17-,18+,19-,21+;14-,16+,17+,18+,19-;/m00./s1. The number of hydrogen-bond donors (Lipinski definition) is 5. The second-order valence-electron chi connectivity index (χ2n) is 15.9. The molecule has 0 aromatic heterocycles. The molecule has 0 unspecified atom stereocenters. The van der Waals surface area contributed by atoms with E-state index in [4.69, 9.17) is 14.6 Å². The van der Waals surface area contributed by atoms with Crippen LogP contribution in [0.3, 0.4) is 0 Å². The fourth-order valence-corrected chi connectivity index (χ4v) is 9.09. The zero-order chi connectivity index (χ0) is 38.3. The number of aliphatic hydroxyl groups excluding tert-OH is 4. The summed E-state index contributed by atoms with van der Waals surface area (Å²) in [6.45, 7) is 3.98. The molecular weight excluding hydrogens is 699 g/mol. The number of carbonyl (C=O) groups excluding carboxylic acids is 1. The molecule has 5 rings (SSSR count). The number of allylic oxidation sites excluding steroid dienone is 2. The van der Waals surface area contributed by atoms with E-state index in [0.29, 0.717) is 36.8 Å². The van der Waals surface area contributed by atoms with Crippen LogP contribution in [-0.4, -0.2) is 74.6 Å². The number of aliphatic hydroxyl groups is 4. The van der Waals surface area contributed by atoms with E-state index in [-0.39, 0.29) is 78.7 Å². The van der Waals surface area contributed by atoms with E-state index >= 15 is 0 Å². The predicted molar refractivity (Wildman–Crippen MR) is 201 cm³/mol. The molecule has 11 heteroatoms. The Morgan fingerprint density at radius 3 is 2.39 bits per heavy atom. The fraction of sp³-hybridized carbons (Fsp3) is 0.721. The van der Waals surface area contributed by atoms with Crippen LogP contribution in [-0.2, 0) is 27.2 Å². The van der Waals surface area contributed by atoms with Gasteiger partial charge >= 0.3 is 35.5 Å². The summed E-state index contributed by atoms with van der Waals surface area (Å²) in [5.41, 5.74) is 2.32. The van der Waals surface area contributed by atoms with Crippen LogP contribution in [0.25, 0.3) is 0 Å². The van der Waals surface area contributed by atoms with Crippen molar-refractivity contribution in [2.75, 3.05) is 6.61 Å².